The van der Waals surface area contributed by atoms with Crippen molar-refractivity contribution < 1.29 is 23.0 Å². The molecule has 0 aromatic heterocycles. The summed E-state index contributed by atoms with van der Waals surface area (Å²) in [4.78, 5) is 12.2. The second-order valence-electron chi connectivity index (χ2n) is 4.28. The molecule has 3 rings (SSSR count). The van der Waals surface area contributed by atoms with E-state index in [4.69, 9.17) is 9.47 Å². The first kappa shape index (κ1) is 12.6. The summed E-state index contributed by atoms with van der Waals surface area (Å²) in [6.45, 7) is 0.806. The van der Waals surface area contributed by atoms with Gasteiger partial charge in [0, 0.05) is 5.56 Å². The third-order valence-corrected chi connectivity index (χ3v) is 2.99. The first-order chi connectivity index (χ1) is 9.66. The van der Waals surface area contributed by atoms with Crippen molar-refractivity contribution in [2.75, 3.05) is 13.2 Å². The van der Waals surface area contributed by atoms with Crippen LogP contribution in [0.3, 0.4) is 0 Å². The summed E-state index contributed by atoms with van der Waals surface area (Å²) in [5.41, 5.74) is -0.414. The Morgan fingerprint density at radius 2 is 1.60 bits per heavy atom. The first-order valence-electron chi connectivity index (χ1n) is 6.05. The Labute approximate surface area is 113 Å². The molecule has 2 aromatic rings. The minimum Gasteiger partial charge on any atom is -0.486 e. The van der Waals surface area contributed by atoms with Crippen LogP contribution in [0.15, 0.2) is 36.4 Å². The number of carbonyl (C=O) groups is 1. The zero-order chi connectivity index (χ0) is 14.1. The van der Waals surface area contributed by atoms with Crippen molar-refractivity contribution in [2.45, 2.75) is 0 Å². The molecule has 0 N–H and O–H groups in total. The molecule has 0 saturated carbocycles. The van der Waals surface area contributed by atoms with Crippen molar-refractivity contribution in [3.05, 3.63) is 59.2 Å². The molecule has 20 heavy (non-hydrogen) atoms. The van der Waals surface area contributed by atoms with E-state index in [0.29, 0.717) is 24.7 Å². The molecule has 102 valence electrons. The molecule has 0 aliphatic carbocycles. The molecule has 5 heteroatoms. The molecule has 0 unspecified atom stereocenters. The largest absolute Gasteiger partial charge is 0.486 e. The van der Waals surface area contributed by atoms with E-state index >= 15 is 0 Å². The second kappa shape index (κ2) is 4.92. The van der Waals surface area contributed by atoms with Gasteiger partial charge >= 0.3 is 0 Å². The predicted molar refractivity (Wildman–Crippen MR) is 67.2 cm³/mol. The maximum absolute atomic E-state index is 13.6. The Morgan fingerprint density at radius 1 is 0.950 bits per heavy atom. The highest BCUT2D eigenvalue weighted by Crippen LogP contribution is 2.31. The molecule has 0 radical (unpaired) electrons. The summed E-state index contributed by atoms with van der Waals surface area (Å²) in [5, 5.41) is 0. The number of fused-ring (bicyclic) bond motifs is 1. The van der Waals surface area contributed by atoms with Gasteiger partial charge in [0.2, 0.25) is 0 Å². The number of carbonyl (C=O) groups excluding carboxylic acids is 1. The van der Waals surface area contributed by atoms with E-state index < -0.39 is 23.0 Å². The maximum Gasteiger partial charge on any atom is 0.199 e. The van der Waals surface area contributed by atoms with Gasteiger partial charge < -0.3 is 9.47 Å². The molecule has 1 aliphatic rings. The molecule has 3 nitrogen and oxygen atoms in total. The lowest BCUT2D eigenvalue weighted by Gasteiger charge is -2.18. The normalized spacial score (nSPS) is 13.1. The van der Waals surface area contributed by atoms with Crippen molar-refractivity contribution in [2.24, 2.45) is 0 Å². The fourth-order valence-electron chi connectivity index (χ4n) is 2.04. The summed E-state index contributed by atoms with van der Waals surface area (Å²) >= 11 is 0. The molecule has 2 aromatic carbocycles. The molecule has 0 atom stereocenters. The SMILES string of the molecule is O=C(c1ccc2c(c1)OCCO2)c1c(F)cccc1F. The van der Waals surface area contributed by atoms with Crippen LogP contribution in [0.4, 0.5) is 8.78 Å². The smallest absolute Gasteiger partial charge is 0.199 e. The summed E-state index contributed by atoms with van der Waals surface area (Å²) in [7, 11) is 0. The highest BCUT2D eigenvalue weighted by molar-refractivity contribution is 6.09. The van der Waals surface area contributed by atoms with E-state index in [-0.39, 0.29) is 5.56 Å². The molecule has 0 saturated heterocycles. The topological polar surface area (TPSA) is 35.5 Å². The minimum atomic E-state index is -0.884. The van der Waals surface area contributed by atoms with Crippen LogP contribution in [0.1, 0.15) is 15.9 Å². The van der Waals surface area contributed by atoms with Crippen molar-refractivity contribution >= 4 is 5.78 Å². The lowest BCUT2D eigenvalue weighted by molar-refractivity contribution is 0.103. The van der Waals surface area contributed by atoms with Crippen LogP contribution in [-0.4, -0.2) is 19.0 Å². The standard InChI is InChI=1S/C15H10F2O3/c16-10-2-1-3-11(17)14(10)15(18)9-4-5-12-13(8-9)20-7-6-19-12/h1-5,8H,6-7H2. The first-order valence-corrected chi connectivity index (χ1v) is 6.05. The van der Waals surface area contributed by atoms with Crippen LogP contribution in [-0.2, 0) is 0 Å². The molecule has 1 heterocycles. The van der Waals surface area contributed by atoms with Gasteiger partial charge in [-0.3, -0.25) is 4.79 Å². The van der Waals surface area contributed by atoms with Gasteiger partial charge in [0.25, 0.3) is 0 Å². The molecule has 0 bridgehead atoms. The quantitative estimate of drug-likeness (QED) is 0.791. The van der Waals surface area contributed by atoms with Crippen LogP contribution in [0.2, 0.25) is 0 Å². The third-order valence-electron chi connectivity index (χ3n) is 2.99. The zero-order valence-electron chi connectivity index (χ0n) is 10.4. The van der Waals surface area contributed by atoms with Gasteiger partial charge in [0.05, 0.1) is 5.56 Å². The summed E-state index contributed by atoms with van der Waals surface area (Å²) in [6, 6.07) is 7.76. The molecular formula is C15H10F2O3. The van der Waals surface area contributed by atoms with Crippen LogP contribution in [0.25, 0.3) is 0 Å². The number of benzene rings is 2. The van der Waals surface area contributed by atoms with Crippen molar-refractivity contribution in [3.8, 4) is 11.5 Å². The average molecular weight is 276 g/mol. The Hall–Kier alpha value is -2.43. The number of halogens is 2. The molecular weight excluding hydrogens is 266 g/mol. The van der Waals surface area contributed by atoms with Crippen LogP contribution >= 0.6 is 0 Å². The van der Waals surface area contributed by atoms with E-state index in [1.807, 2.05) is 0 Å². The minimum absolute atomic E-state index is 0.151. The average Bonchev–Trinajstić information content (AvgIpc) is 2.46. The Balaban J connectivity index is 2.03. The van der Waals surface area contributed by atoms with Crippen molar-refractivity contribution in [1.82, 2.24) is 0 Å². The second-order valence-corrected chi connectivity index (χ2v) is 4.28. The number of ketones is 1. The van der Waals surface area contributed by atoms with Gasteiger partial charge in [-0.25, -0.2) is 8.78 Å². The highest BCUT2D eigenvalue weighted by Gasteiger charge is 2.21. The van der Waals surface area contributed by atoms with Gasteiger partial charge in [-0.15, -0.1) is 0 Å². The lowest BCUT2D eigenvalue weighted by Crippen LogP contribution is -2.16. The number of hydrogen-bond acceptors (Lipinski definition) is 3. The Morgan fingerprint density at radius 3 is 2.30 bits per heavy atom. The van der Waals surface area contributed by atoms with E-state index in [9.17, 15) is 13.6 Å². The molecule has 0 spiro atoms. The lowest BCUT2D eigenvalue weighted by atomic mass is 10.0. The van der Waals surface area contributed by atoms with Crippen LogP contribution in [0.5, 0.6) is 11.5 Å². The molecule has 1 aliphatic heterocycles. The van der Waals surface area contributed by atoms with E-state index in [2.05, 4.69) is 0 Å². The number of rotatable bonds is 2. The zero-order valence-corrected chi connectivity index (χ0v) is 10.4. The van der Waals surface area contributed by atoms with Crippen molar-refractivity contribution in [3.63, 3.8) is 0 Å². The van der Waals surface area contributed by atoms with Gasteiger partial charge in [-0.1, -0.05) is 6.07 Å². The fourth-order valence-corrected chi connectivity index (χ4v) is 2.04. The van der Waals surface area contributed by atoms with Crippen LogP contribution in [0, 0.1) is 11.6 Å². The van der Waals surface area contributed by atoms with Gasteiger partial charge in [0.1, 0.15) is 24.8 Å². The van der Waals surface area contributed by atoms with Gasteiger partial charge in [0.15, 0.2) is 17.3 Å². The summed E-state index contributed by atoms with van der Waals surface area (Å²) < 4.78 is 37.9. The van der Waals surface area contributed by atoms with E-state index in [1.165, 1.54) is 18.2 Å². The molecule has 0 amide bonds. The monoisotopic (exact) mass is 276 g/mol. The number of hydrogen-bond donors (Lipinski definition) is 0. The van der Waals surface area contributed by atoms with E-state index in [1.54, 1.807) is 6.07 Å². The predicted octanol–water partition coefficient (Wildman–Crippen LogP) is 2.97. The third kappa shape index (κ3) is 2.11. The maximum atomic E-state index is 13.6. The van der Waals surface area contributed by atoms with Gasteiger partial charge in [-0.05, 0) is 30.3 Å². The molecule has 0 fully saturated rings. The summed E-state index contributed by atoms with van der Waals surface area (Å²) in [5.74, 6) is -1.58. The highest BCUT2D eigenvalue weighted by atomic mass is 19.1. The Kier molecular flexibility index (Phi) is 3.10. The number of ether oxygens (including phenoxy) is 2. The van der Waals surface area contributed by atoms with Crippen molar-refractivity contribution in [1.29, 1.82) is 0 Å². The van der Waals surface area contributed by atoms with Gasteiger partial charge in [-0.2, -0.15) is 0 Å². The summed E-state index contributed by atoms with van der Waals surface area (Å²) in [6.07, 6.45) is 0. The Bertz CT molecular complexity index is 663. The fraction of sp³-hybridized carbons (Fsp3) is 0.133. The van der Waals surface area contributed by atoms with Crippen LogP contribution < -0.4 is 9.47 Å². The van der Waals surface area contributed by atoms with E-state index in [0.717, 1.165) is 12.1 Å².